The second-order valence-electron chi connectivity index (χ2n) is 3.46. The van der Waals surface area contributed by atoms with Crippen molar-refractivity contribution in [2.24, 2.45) is 0 Å². The molecule has 0 bridgehead atoms. The molecule has 0 spiro atoms. The van der Waals surface area contributed by atoms with Gasteiger partial charge in [0.05, 0.1) is 5.69 Å². The Kier molecular flexibility index (Phi) is 4.48. The smallest absolute Gasteiger partial charge is 0.248 e. The number of benzene rings is 1. The van der Waals surface area contributed by atoms with Gasteiger partial charge in [0.2, 0.25) is 5.91 Å². The van der Waals surface area contributed by atoms with Gasteiger partial charge in [-0.2, -0.15) is 0 Å². The summed E-state index contributed by atoms with van der Waals surface area (Å²) in [5, 5.41) is 4.65. The predicted octanol–water partition coefficient (Wildman–Crippen LogP) is 4.14. The van der Waals surface area contributed by atoms with Crippen LogP contribution in [0.1, 0.15) is 4.88 Å². The van der Waals surface area contributed by atoms with E-state index in [4.69, 9.17) is 0 Å². The van der Waals surface area contributed by atoms with Crippen LogP contribution in [0.2, 0.25) is 0 Å². The number of rotatable bonds is 3. The highest BCUT2D eigenvalue weighted by Gasteiger charge is 2.03. The van der Waals surface area contributed by atoms with Crippen LogP contribution >= 0.6 is 33.9 Å². The molecule has 18 heavy (non-hydrogen) atoms. The molecule has 5 heteroatoms. The monoisotopic (exact) mass is 373 g/mol. The average molecular weight is 373 g/mol. The maximum atomic E-state index is 12.9. The van der Waals surface area contributed by atoms with Crippen LogP contribution in [0.4, 0.5) is 10.1 Å². The van der Waals surface area contributed by atoms with E-state index < -0.39 is 0 Å². The quantitative estimate of drug-likeness (QED) is 0.636. The highest BCUT2D eigenvalue weighted by molar-refractivity contribution is 14.1. The molecule has 1 aromatic carbocycles. The summed E-state index contributed by atoms with van der Waals surface area (Å²) in [4.78, 5) is 12.7. The third-order valence-corrected chi connectivity index (χ3v) is 3.86. The molecule has 2 nitrogen and oxygen atoms in total. The standard InChI is InChI=1S/C13H9FINOS/c14-9-3-5-12(11(15)8-9)16-13(17)6-4-10-2-1-7-18-10/h1-8H,(H,16,17). The zero-order chi connectivity index (χ0) is 13.0. The molecule has 92 valence electrons. The van der Waals surface area contributed by atoms with Crippen molar-refractivity contribution < 1.29 is 9.18 Å². The van der Waals surface area contributed by atoms with Crippen molar-refractivity contribution in [2.45, 2.75) is 0 Å². The molecular weight excluding hydrogens is 364 g/mol. The minimum Gasteiger partial charge on any atom is -0.322 e. The van der Waals surface area contributed by atoms with Crippen molar-refractivity contribution in [2.75, 3.05) is 5.32 Å². The fourth-order valence-electron chi connectivity index (χ4n) is 1.31. The Bertz CT molecular complexity index is 581. The van der Waals surface area contributed by atoms with Crippen LogP contribution in [-0.4, -0.2) is 5.91 Å². The molecule has 0 saturated carbocycles. The largest absolute Gasteiger partial charge is 0.322 e. The van der Waals surface area contributed by atoms with Crippen molar-refractivity contribution in [3.05, 3.63) is 56.1 Å². The number of hydrogen-bond acceptors (Lipinski definition) is 2. The molecule has 1 N–H and O–H groups in total. The van der Waals surface area contributed by atoms with E-state index in [1.807, 2.05) is 40.1 Å². The molecule has 1 aromatic heterocycles. The Hall–Kier alpha value is -1.21. The predicted molar refractivity (Wildman–Crippen MR) is 81.1 cm³/mol. The van der Waals surface area contributed by atoms with E-state index in [9.17, 15) is 9.18 Å². The van der Waals surface area contributed by atoms with Gasteiger partial charge in [-0.15, -0.1) is 11.3 Å². The van der Waals surface area contributed by atoms with E-state index in [2.05, 4.69) is 5.32 Å². The first-order valence-corrected chi connectivity index (χ1v) is 7.08. The van der Waals surface area contributed by atoms with Crippen molar-refractivity contribution in [1.29, 1.82) is 0 Å². The Morgan fingerprint density at radius 3 is 2.89 bits per heavy atom. The van der Waals surface area contributed by atoms with Crippen LogP contribution in [-0.2, 0) is 4.79 Å². The first-order chi connectivity index (χ1) is 8.65. The summed E-state index contributed by atoms with van der Waals surface area (Å²) in [5.41, 5.74) is 0.609. The molecule has 0 saturated heterocycles. The summed E-state index contributed by atoms with van der Waals surface area (Å²) in [7, 11) is 0. The van der Waals surface area contributed by atoms with Gasteiger partial charge in [0.25, 0.3) is 0 Å². The van der Waals surface area contributed by atoms with Crippen molar-refractivity contribution in [3.8, 4) is 0 Å². The molecule has 0 radical (unpaired) electrons. The molecule has 0 aliphatic heterocycles. The Morgan fingerprint density at radius 2 is 2.22 bits per heavy atom. The maximum Gasteiger partial charge on any atom is 0.248 e. The van der Waals surface area contributed by atoms with E-state index in [0.29, 0.717) is 9.26 Å². The summed E-state index contributed by atoms with van der Waals surface area (Å²) in [6.45, 7) is 0. The first kappa shape index (κ1) is 13.2. The molecule has 1 amide bonds. The number of thiophene rings is 1. The van der Waals surface area contributed by atoms with E-state index in [0.717, 1.165) is 4.88 Å². The summed E-state index contributed by atoms with van der Waals surface area (Å²) < 4.78 is 13.6. The van der Waals surface area contributed by atoms with Gasteiger partial charge >= 0.3 is 0 Å². The minimum atomic E-state index is -0.313. The van der Waals surface area contributed by atoms with Crippen LogP contribution < -0.4 is 5.32 Å². The lowest BCUT2D eigenvalue weighted by atomic mass is 10.3. The van der Waals surface area contributed by atoms with Crippen LogP contribution in [0, 0.1) is 9.39 Å². The zero-order valence-corrected chi connectivity index (χ0v) is 12.2. The molecule has 0 unspecified atom stereocenters. The van der Waals surface area contributed by atoms with Gasteiger partial charge in [-0.1, -0.05) is 6.07 Å². The van der Waals surface area contributed by atoms with Gasteiger partial charge in [-0.05, 0) is 58.3 Å². The van der Waals surface area contributed by atoms with Crippen molar-refractivity contribution >= 4 is 51.6 Å². The first-order valence-electron chi connectivity index (χ1n) is 5.13. The highest BCUT2D eigenvalue weighted by Crippen LogP contribution is 2.19. The third-order valence-electron chi connectivity index (χ3n) is 2.13. The van der Waals surface area contributed by atoms with E-state index in [-0.39, 0.29) is 11.7 Å². The van der Waals surface area contributed by atoms with Gasteiger partial charge in [0.15, 0.2) is 0 Å². The van der Waals surface area contributed by atoms with Gasteiger partial charge in [0.1, 0.15) is 5.82 Å². The fraction of sp³-hybridized carbons (Fsp3) is 0. The average Bonchev–Trinajstić information content (AvgIpc) is 2.83. The van der Waals surface area contributed by atoms with Crippen molar-refractivity contribution in [3.63, 3.8) is 0 Å². The van der Waals surface area contributed by atoms with E-state index in [1.54, 1.807) is 23.5 Å². The number of carbonyl (C=O) groups is 1. The number of anilines is 1. The van der Waals surface area contributed by atoms with Crippen LogP contribution in [0.25, 0.3) is 6.08 Å². The van der Waals surface area contributed by atoms with Gasteiger partial charge < -0.3 is 5.32 Å². The molecule has 0 aliphatic carbocycles. The summed E-state index contributed by atoms with van der Waals surface area (Å²) in [5.74, 6) is -0.542. The second kappa shape index (κ2) is 6.10. The molecule has 0 atom stereocenters. The lowest BCUT2D eigenvalue weighted by Crippen LogP contribution is -2.08. The van der Waals surface area contributed by atoms with Gasteiger partial charge in [0, 0.05) is 14.5 Å². The normalized spacial score (nSPS) is 10.8. The lowest BCUT2D eigenvalue weighted by molar-refractivity contribution is -0.111. The van der Waals surface area contributed by atoms with Gasteiger partial charge in [-0.25, -0.2) is 4.39 Å². The maximum absolute atomic E-state index is 12.9. The number of amides is 1. The van der Waals surface area contributed by atoms with Crippen LogP contribution in [0.15, 0.2) is 41.8 Å². The molecule has 0 aliphatic rings. The molecule has 2 aromatic rings. The number of halogens is 2. The molecular formula is C13H9FINOS. The summed E-state index contributed by atoms with van der Waals surface area (Å²) in [6, 6.07) is 8.09. The SMILES string of the molecule is O=C(C=Cc1cccs1)Nc1ccc(F)cc1I. The summed E-state index contributed by atoms with van der Waals surface area (Å²) >= 11 is 3.54. The number of hydrogen-bond donors (Lipinski definition) is 1. The topological polar surface area (TPSA) is 29.1 Å². The lowest BCUT2D eigenvalue weighted by Gasteiger charge is -2.04. The van der Waals surface area contributed by atoms with Crippen LogP contribution in [0.3, 0.4) is 0 Å². The van der Waals surface area contributed by atoms with Gasteiger partial charge in [-0.3, -0.25) is 4.79 Å². The Labute approximate surface area is 122 Å². The zero-order valence-electron chi connectivity index (χ0n) is 9.19. The highest BCUT2D eigenvalue weighted by atomic mass is 127. The van der Waals surface area contributed by atoms with Crippen molar-refractivity contribution in [1.82, 2.24) is 0 Å². The fourth-order valence-corrected chi connectivity index (χ4v) is 2.54. The van der Waals surface area contributed by atoms with Crippen LogP contribution in [0.5, 0.6) is 0 Å². The number of carbonyl (C=O) groups excluding carboxylic acids is 1. The molecule has 0 fully saturated rings. The Balaban J connectivity index is 2.03. The Morgan fingerprint density at radius 1 is 1.39 bits per heavy atom. The van der Waals surface area contributed by atoms with E-state index >= 15 is 0 Å². The molecule has 2 rings (SSSR count). The molecule has 1 heterocycles. The minimum absolute atomic E-state index is 0.229. The third kappa shape index (κ3) is 3.64. The number of nitrogens with one attached hydrogen (secondary N) is 1. The summed E-state index contributed by atoms with van der Waals surface area (Å²) in [6.07, 6.45) is 3.21. The van der Waals surface area contributed by atoms with E-state index in [1.165, 1.54) is 18.2 Å². The second-order valence-corrected chi connectivity index (χ2v) is 5.60.